The largest absolute Gasteiger partial charge is 0.493 e. The van der Waals surface area contributed by atoms with Gasteiger partial charge in [0.25, 0.3) is 5.91 Å². The summed E-state index contributed by atoms with van der Waals surface area (Å²) in [5.41, 5.74) is 4.10. The van der Waals surface area contributed by atoms with E-state index in [0.717, 1.165) is 5.56 Å². The Morgan fingerprint density at radius 3 is 2.24 bits per heavy atom. The Morgan fingerprint density at radius 2 is 1.51 bits per heavy atom. The second kappa shape index (κ2) is 11.9. The summed E-state index contributed by atoms with van der Waals surface area (Å²) in [6.07, 6.45) is 1.31. The molecule has 8 nitrogen and oxygen atoms in total. The Balaban J connectivity index is 1.42. The molecule has 0 aliphatic rings. The molecule has 0 unspecified atom stereocenters. The lowest BCUT2D eigenvalue weighted by molar-refractivity contribution is 0.0954. The van der Waals surface area contributed by atoms with Gasteiger partial charge in [-0.25, -0.2) is 5.43 Å². The van der Waals surface area contributed by atoms with Crippen molar-refractivity contribution in [2.24, 2.45) is 5.10 Å². The highest BCUT2D eigenvalue weighted by atomic mass is 32.2. The number of rotatable bonds is 10. The van der Waals surface area contributed by atoms with Crippen LogP contribution in [0.2, 0.25) is 0 Å². The van der Waals surface area contributed by atoms with Crippen LogP contribution in [0, 0.1) is 0 Å². The van der Waals surface area contributed by atoms with Crippen molar-refractivity contribution in [3.05, 3.63) is 120 Å². The maximum absolute atomic E-state index is 12.6. The standard InChI is InChI=1S/C28H24N2O6S/c1-34-27-18-22(16-17-26(27)35-20-21-10-4-2-5-11-21)28(31)30-29-19-23-12-8-9-15-25(23)36-37(32,33)24-13-6-3-7-14-24/h2-19H,20H2,1H3,(H,30,31)/b29-19+. The number of nitrogens with one attached hydrogen (secondary N) is 1. The summed E-state index contributed by atoms with van der Waals surface area (Å²) in [5.74, 6) is 0.486. The molecule has 0 radical (unpaired) electrons. The zero-order chi connectivity index (χ0) is 26.1. The topological polar surface area (TPSA) is 103 Å². The predicted octanol–water partition coefficient (Wildman–Crippen LogP) is 4.81. The molecule has 0 spiro atoms. The lowest BCUT2D eigenvalue weighted by atomic mass is 10.2. The first-order chi connectivity index (χ1) is 18.0. The molecule has 0 fully saturated rings. The minimum absolute atomic E-state index is 0.0280. The Labute approximate surface area is 215 Å². The molecule has 0 atom stereocenters. The van der Waals surface area contributed by atoms with Gasteiger partial charge in [0.1, 0.15) is 11.5 Å². The summed E-state index contributed by atoms with van der Waals surface area (Å²) in [5, 5.41) is 3.96. The van der Waals surface area contributed by atoms with Gasteiger partial charge >= 0.3 is 10.1 Å². The van der Waals surface area contributed by atoms with Crippen molar-refractivity contribution in [3.8, 4) is 17.2 Å². The zero-order valence-corrected chi connectivity index (χ0v) is 20.7. The number of methoxy groups -OCH3 is 1. The number of hydrazone groups is 1. The van der Waals surface area contributed by atoms with E-state index in [4.69, 9.17) is 13.7 Å². The van der Waals surface area contributed by atoms with Crippen molar-refractivity contribution in [1.29, 1.82) is 0 Å². The number of ether oxygens (including phenoxy) is 2. The quantitative estimate of drug-likeness (QED) is 0.184. The van der Waals surface area contributed by atoms with Crippen molar-refractivity contribution in [3.63, 3.8) is 0 Å². The summed E-state index contributed by atoms with van der Waals surface area (Å²) >= 11 is 0. The van der Waals surface area contributed by atoms with Gasteiger partial charge < -0.3 is 13.7 Å². The number of para-hydroxylation sites is 1. The second-order valence-corrected chi connectivity index (χ2v) is 9.27. The van der Waals surface area contributed by atoms with Crippen molar-refractivity contribution >= 4 is 22.2 Å². The van der Waals surface area contributed by atoms with Gasteiger partial charge in [-0.1, -0.05) is 60.7 Å². The molecule has 9 heteroatoms. The molecule has 188 valence electrons. The van der Waals surface area contributed by atoms with Crippen molar-refractivity contribution in [2.45, 2.75) is 11.5 Å². The minimum atomic E-state index is -4.03. The Bertz CT molecular complexity index is 1490. The number of carbonyl (C=O) groups excluding carboxylic acids is 1. The molecule has 0 aromatic heterocycles. The van der Waals surface area contributed by atoms with Gasteiger partial charge in [0.15, 0.2) is 17.2 Å². The van der Waals surface area contributed by atoms with Crippen LogP contribution < -0.4 is 19.1 Å². The van der Waals surface area contributed by atoms with Crippen LogP contribution >= 0.6 is 0 Å². The van der Waals surface area contributed by atoms with Gasteiger partial charge in [0.05, 0.1) is 13.3 Å². The molecule has 37 heavy (non-hydrogen) atoms. The number of benzene rings is 4. The Kier molecular flexibility index (Phi) is 8.17. The average Bonchev–Trinajstić information content (AvgIpc) is 2.93. The van der Waals surface area contributed by atoms with Gasteiger partial charge in [-0.15, -0.1) is 0 Å². The van der Waals surface area contributed by atoms with E-state index in [1.54, 1.807) is 54.6 Å². The van der Waals surface area contributed by atoms with E-state index in [2.05, 4.69) is 10.5 Å². The SMILES string of the molecule is COc1cc(C(=O)N/N=C/c2ccccc2OS(=O)(=O)c2ccccc2)ccc1OCc1ccccc1. The van der Waals surface area contributed by atoms with Crippen molar-refractivity contribution in [1.82, 2.24) is 5.43 Å². The molecule has 4 aromatic rings. The number of nitrogens with zero attached hydrogens (tertiary/aromatic N) is 1. The normalized spacial score (nSPS) is 11.2. The van der Waals surface area contributed by atoms with E-state index in [0.29, 0.717) is 29.2 Å². The van der Waals surface area contributed by atoms with E-state index in [1.807, 2.05) is 30.3 Å². The van der Waals surface area contributed by atoms with Gasteiger partial charge in [-0.2, -0.15) is 13.5 Å². The van der Waals surface area contributed by atoms with Crippen LogP contribution in [0.3, 0.4) is 0 Å². The molecular weight excluding hydrogens is 492 g/mol. The molecule has 1 amide bonds. The maximum atomic E-state index is 12.6. The Hall–Kier alpha value is -4.63. The molecule has 0 heterocycles. The smallest absolute Gasteiger partial charge is 0.339 e. The lowest BCUT2D eigenvalue weighted by Crippen LogP contribution is -2.18. The summed E-state index contributed by atoms with van der Waals surface area (Å²) in [6.45, 7) is 0.356. The van der Waals surface area contributed by atoms with Gasteiger partial charge in [-0.3, -0.25) is 4.79 Å². The number of amides is 1. The maximum Gasteiger partial charge on any atom is 0.339 e. The monoisotopic (exact) mass is 516 g/mol. The number of carbonyl (C=O) groups is 1. The van der Waals surface area contributed by atoms with E-state index < -0.39 is 16.0 Å². The third kappa shape index (κ3) is 6.74. The molecular formula is C28H24N2O6S. The first-order valence-electron chi connectivity index (χ1n) is 11.2. The van der Waals surface area contributed by atoms with E-state index >= 15 is 0 Å². The van der Waals surface area contributed by atoms with Crippen molar-refractivity contribution < 1.29 is 26.9 Å². The third-order valence-corrected chi connectivity index (χ3v) is 6.43. The summed E-state index contributed by atoms with van der Waals surface area (Å²) in [6, 6.07) is 28.8. The van der Waals surface area contributed by atoms with Crippen LogP contribution in [0.5, 0.6) is 17.2 Å². The minimum Gasteiger partial charge on any atom is -0.493 e. The number of hydrogen-bond donors (Lipinski definition) is 1. The number of hydrogen-bond acceptors (Lipinski definition) is 7. The highest BCUT2D eigenvalue weighted by Crippen LogP contribution is 2.29. The molecule has 0 aliphatic heterocycles. The van der Waals surface area contributed by atoms with Crippen LogP contribution in [0.1, 0.15) is 21.5 Å². The van der Waals surface area contributed by atoms with Gasteiger partial charge in [0, 0.05) is 11.1 Å². The fraction of sp³-hybridized carbons (Fsp3) is 0.0714. The van der Waals surface area contributed by atoms with Crippen LogP contribution in [0.25, 0.3) is 0 Å². The fourth-order valence-corrected chi connectivity index (χ4v) is 4.28. The van der Waals surface area contributed by atoms with Crippen LogP contribution in [0.15, 0.2) is 113 Å². The van der Waals surface area contributed by atoms with Crippen LogP contribution in [-0.2, 0) is 16.7 Å². The highest BCUT2D eigenvalue weighted by Gasteiger charge is 2.17. The Morgan fingerprint density at radius 1 is 0.838 bits per heavy atom. The van der Waals surface area contributed by atoms with E-state index in [1.165, 1.54) is 31.5 Å². The summed E-state index contributed by atoms with van der Waals surface area (Å²) in [4.78, 5) is 12.7. The molecule has 4 aromatic carbocycles. The van der Waals surface area contributed by atoms with Crippen LogP contribution in [0.4, 0.5) is 0 Å². The zero-order valence-electron chi connectivity index (χ0n) is 19.9. The summed E-state index contributed by atoms with van der Waals surface area (Å²) in [7, 11) is -2.54. The average molecular weight is 517 g/mol. The van der Waals surface area contributed by atoms with Gasteiger partial charge in [0.2, 0.25) is 0 Å². The van der Waals surface area contributed by atoms with E-state index in [-0.39, 0.29) is 10.6 Å². The molecule has 0 bridgehead atoms. The fourth-order valence-electron chi connectivity index (χ4n) is 3.30. The molecule has 0 saturated heterocycles. The van der Waals surface area contributed by atoms with Gasteiger partial charge in [-0.05, 0) is 48.0 Å². The highest BCUT2D eigenvalue weighted by molar-refractivity contribution is 7.87. The lowest BCUT2D eigenvalue weighted by Gasteiger charge is -2.12. The second-order valence-electron chi connectivity index (χ2n) is 7.73. The molecule has 0 saturated carbocycles. The third-order valence-electron chi connectivity index (χ3n) is 5.18. The molecule has 1 N–H and O–H groups in total. The molecule has 0 aliphatic carbocycles. The molecule has 4 rings (SSSR count). The first-order valence-corrected chi connectivity index (χ1v) is 12.6. The predicted molar refractivity (Wildman–Crippen MR) is 140 cm³/mol. The van der Waals surface area contributed by atoms with Crippen molar-refractivity contribution in [2.75, 3.05) is 7.11 Å². The van der Waals surface area contributed by atoms with Crippen LogP contribution in [-0.4, -0.2) is 27.6 Å². The summed E-state index contributed by atoms with van der Waals surface area (Å²) < 4.78 is 41.7. The van der Waals surface area contributed by atoms with E-state index in [9.17, 15) is 13.2 Å². The first kappa shape index (κ1) is 25.5.